The van der Waals surface area contributed by atoms with E-state index < -0.39 is 0 Å². The zero-order valence-electron chi connectivity index (χ0n) is 15.3. The lowest BCUT2D eigenvalue weighted by atomic mass is 10.0. The van der Waals surface area contributed by atoms with E-state index in [2.05, 4.69) is 10.2 Å². The Kier molecular flexibility index (Phi) is 8.14. The van der Waals surface area contributed by atoms with Crippen LogP contribution in [0.1, 0.15) is 50.5 Å². The highest BCUT2D eigenvalue weighted by Gasteiger charge is 2.21. The van der Waals surface area contributed by atoms with Gasteiger partial charge in [-0.25, -0.2) is 4.39 Å². The van der Waals surface area contributed by atoms with Gasteiger partial charge < -0.3 is 5.32 Å². The van der Waals surface area contributed by atoms with Crippen molar-refractivity contribution in [2.24, 2.45) is 0 Å². The second kappa shape index (κ2) is 10.6. The molecule has 3 rings (SSSR count). The molecule has 0 saturated carbocycles. The third-order valence-corrected chi connectivity index (χ3v) is 8.19. The zero-order valence-corrected chi connectivity index (χ0v) is 16.9. The van der Waals surface area contributed by atoms with Gasteiger partial charge in [0.2, 0.25) is 5.91 Å². The quantitative estimate of drug-likeness (QED) is 0.513. The van der Waals surface area contributed by atoms with Crippen LogP contribution in [-0.2, 0) is 11.3 Å². The fraction of sp³-hybridized carbons (Fsp3) is 0.650. The number of rotatable bonds is 8. The number of halogens is 1. The summed E-state index contributed by atoms with van der Waals surface area (Å²) in [5, 5.41) is 4.03. The van der Waals surface area contributed by atoms with Crippen molar-refractivity contribution in [3.63, 3.8) is 0 Å². The molecule has 6 heteroatoms. The first-order valence-electron chi connectivity index (χ1n) is 9.73. The Labute approximate surface area is 164 Å². The Balaban J connectivity index is 1.27. The van der Waals surface area contributed by atoms with Crippen LogP contribution in [0.4, 0.5) is 4.39 Å². The van der Waals surface area contributed by atoms with Crippen molar-refractivity contribution in [1.82, 2.24) is 10.2 Å². The minimum atomic E-state index is -0.184. The van der Waals surface area contributed by atoms with Gasteiger partial charge in [0.25, 0.3) is 0 Å². The van der Waals surface area contributed by atoms with Crippen molar-refractivity contribution < 1.29 is 9.18 Å². The molecule has 0 radical (unpaired) electrons. The number of hydrogen-bond acceptors (Lipinski definition) is 4. The van der Waals surface area contributed by atoms with Crippen molar-refractivity contribution >= 4 is 27.5 Å². The maximum absolute atomic E-state index is 13.0. The van der Waals surface area contributed by atoms with Gasteiger partial charge in [0.05, 0.1) is 0 Å². The van der Waals surface area contributed by atoms with E-state index in [-0.39, 0.29) is 11.7 Å². The number of unbranched alkanes of at least 4 members (excludes halogenated alkanes) is 1. The number of amides is 1. The predicted octanol–water partition coefficient (Wildman–Crippen LogP) is 4.62. The van der Waals surface area contributed by atoms with E-state index >= 15 is 0 Å². The van der Waals surface area contributed by atoms with Crippen LogP contribution in [0, 0.1) is 5.82 Å². The van der Waals surface area contributed by atoms with Crippen LogP contribution in [-0.4, -0.2) is 40.9 Å². The molecule has 1 N–H and O–H groups in total. The molecule has 2 fully saturated rings. The van der Waals surface area contributed by atoms with Crippen LogP contribution in [0.25, 0.3) is 0 Å². The van der Waals surface area contributed by atoms with Crippen molar-refractivity contribution in [2.45, 2.75) is 62.8 Å². The number of likely N-dealkylation sites (tertiary alicyclic amines) is 1. The van der Waals surface area contributed by atoms with E-state index in [1.54, 1.807) is 0 Å². The summed E-state index contributed by atoms with van der Waals surface area (Å²) in [7, 11) is 4.01. The average Bonchev–Trinajstić information content (AvgIpc) is 3.16. The summed E-state index contributed by atoms with van der Waals surface area (Å²) in [5.74, 6) is 1.32. The Bertz CT molecular complexity index is 555. The lowest BCUT2D eigenvalue weighted by molar-refractivity contribution is -0.122. The van der Waals surface area contributed by atoms with Gasteiger partial charge in [0.15, 0.2) is 0 Å². The van der Waals surface area contributed by atoms with Crippen LogP contribution in [0.3, 0.4) is 0 Å². The normalized spacial score (nSPS) is 21.8. The van der Waals surface area contributed by atoms with Gasteiger partial charge >= 0.3 is 0 Å². The SMILES string of the molecule is O=C(CCCC[C@@H]1CCSS1)NC1CCN(Cc2ccc(F)cc2)CC1. The van der Waals surface area contributed by atoms with Crippen LogP contribution < -0.4 is 5.32 Å². The first-order chi connectivity index (χ1) is 12.7. The summed E-state index contributed by atoms with van der Waals surface area (Å²) in [5.41, 5.74) is 1.15. The number of benzene rings is 1. The molecular formula is C20H29FN2OS2. The van der Waals surface area contributed by atoms with Crippen molar-refractivity contribution in [3.8, 4) is 0 Å². The van der Waals surface area contributed by atoms with Gasteiger partial charge in [-0.05, 0) is 49.8 Å². The smallest absolute Gasteiger partial charge is 0.220 e. The van der Waals surface area contributed by atoms with Crippen molar-refractivity contribution in [1.29, 1.82) is 0 Å². The van der Waals surface area contributed by atoms with Gasteiger partial charge in [-0.1, -0.05) is 40.1 Å². The fourth-order valence-corrected chi connectivity index (χ4v) is 6.63. The van der Waals surface area contributed by atoms with E-state index in [1.165, 1.54) is 37.1 Å². The van der Waals surface area contributed by atoms with E-state index in [4.69, 9.17) is 0 Å². The molecule has 144 valence electrons. The number of carbonyl (C=O) groups excluding carboxylic acids is 1. The first kappa shape index (κ1) is 20.0. The highest BCUT2D eigenvalue weighted by atomic mass is 33.1. The maximum Gasteiger partial charge on any atom is 0.220 e. The molecule has 0 aliphatic carbocycles. The number of hydrogen-bond donors (Lipinski definition) is 1. The van der Waals surface area contributed by atoms with Gasteiger partial charge in [0, 0.05) is 43.1 Å². The van der Waals surface area contributed by atoms with Crippen molar-refractivity contribution in [3.05, 3.63) is 35.6 Å². The van der Waals surface area contributed by atoms with Gasteiger partial charge in [-0.15, -0.1) is 0 Å². The molecule has 26 heavy (non-hydrogen) atoms. The minimum Gasteiger partial charge on any atom is -0.353 e. The molecule has 2 saturated heterocycles. The molecule has 1 aromatic rings. The Morgan fingerprint density at radius 2 is 1.92 bits per heavy atom. The molecule has 0 bridgehead atoms. The lowest BCUT2D eigenvalue weighted by Crippen LogP contribution is -2.44. The first-order valence-corrected chi connectivity index (χ1v) is 12.1. The highest BCUT2D eigenvalue weighted by Crippen LogP contribution is 2.39. The third-order valence-electron chi connectivity index (χ3n) is 5.18. The molecule has 0 aromatic heterocycles. The van der Waals surface area contributed by atoms with Crippen LogP contribution >= 0.6 is 21.6 Å². The van der Waals surface area contributed by atoms with E-state index in [1.807, 2.05) is 33.7 Å². The largest absolute Gasteiger partial charge is 0.353 e. The Morgan fingerprint density at radius 1 is 1.15 bits per heavy atom. The summed E-state index contributed by atoms with van der Waals surface area (Å²) in [6.07, 6.45) is 7.44. The van der Waals surface area contributed by atoms with E-state index in [0.717, 1.165) is 49.7 Å². The molecule has 3 nitrogen and oxygen atoms in total. The summed E-state index contributed by atoms with van der Waals surface area (Å²) >= 11 is 0. The number of nitrogens with zero attached hydrogens (tertiary/aromatic N) is 1. The van der Waals surface area contributed by atoms with Crippen LogP contribution in [0.15, 0.2) is 24.3 Å². The van der Waals surface area contributed by atoms with Crippen LogP contribution in [0.5, 0.6) is 0 Å². The Hall–Kier alpha value is -0.720. The average molecular weight is 397 g/mol. The minimum absolute atomic E-state index is 0.184. The molecule has 2 aliphatic rings. The predicted molar refractivity (Wildman–Crippen MR) is 110 cm³/mol. The van der Waals surface area contributed by atoms with Gasteiger partial charge in [-0.3, -0.25) is 9.69 Å². The van der Waals surface area contributed by atoms with Gasteiger partial charge in [-0.2, -0.15) is 0 Å². The summed E-state index contributed by atoms with van der Waals surface area (Å²) in [4.78, 5) is 14.5. The van der Waals surface area contributed by atoms with Crippen molar-refractivity contribution in [2.75, 3.05) is 18.8 Å². The van der Waals surface area contributed by atoms with Gasteiger partial charge in [0.1, 0.15) is 5.82 Å². The molecule has 1 aromatic carbocycles. The molecule has 1 atom stereocenters. The molecule has 1 amide bonds. The number of carbonyl (C=O) groups is 1. The Morgan fingerprint density at radius 3 is 2.62 bits per heavy atom. The lowest BCUT2D eigenvalue weighted by Gasteiger charge is -2.32. The topological polar surface area (TPSA) is 32.3 Å². The molecule has 0 spiro atoms. The highest BCUT2D eigenvalue weighted by molar-refractivity contribution is 8.77. The second-order valence-corrected chi connectivity index (χ2v) is 10.1. The molecular weight excluding hydrogens is 367 g/mol. The van der Waals surface area contributed by atoms with E-state index in [9.17, 15) is 9.18 Å². The second-order valence-electron chi connectivity index (χ2n) is 7.32. The fourth-order valence-electron chi connectivity index (χ4n) is 3.61. The molecule has 2 aliphatic heterocycles. The van der Waals surface area contributed by atoms with Crippen LogP contribution in [0.2, 0.25) is 0 Å². The van der Waals surface area contributed by atoms with E-state index in [0.29, 0.717) is 12.5 Å². The monoisotopic (exact) mass is 396 g/mol. The number of piperidine rings is 1. The standard InChI is InChI=1S/C20H29FN2OS2/c21-17-7-5-16(6-8-17)15-23-12-9-18(10-13-23)22-20(24)4-2-1-3-19-11-14-25-26-19/h5-8,18-19H,1-4,9-15H2,(H,22,24)/t19-/m1/s1. The summed E-state index contributed by atoms with van der Waals surface area (Å²) < 4.78 is 13.0. The summed E-state index contributed by atoms with van der Waals surface area (Å²) in [6, 6.07) is 7.06. The zero-order chi connectivity index (χ0) is 18.2. The molecule has 2 heterocycles. The summed E-state index contributed by atoms with van der Waals surface area (Å²) in [6.45, 7) is 2.83. The number of nitrogens with one attached hydrogen (secondary N) is 1. The molecule has 0 unspecified atom stereocenters. The maximum atomic E-state index is 13.0. The third kappa shape index (κ3) is 6.78.